The van der Waals surface area contributed by atoms with Crippen molar-refractivity contribution in [2.24, 2.45) is 0 Å². The molecule has 0 fully saturated rings. The van der Waals surface area contributed by atoms with Gasteiger partial charge in [0.1, 0.15) is 17.0 Å². The van der Waals surface area contributed by atoms with Crippen LogP contribution in [0.3, 0.4) is 0 Å². The Morgan fingerprint density at radius 3 is 2.48 bits per heavy atom. The van der Waals surface area contributed by atoms with E-state index in [0.29, 0.717) is 0 Å². The Hall–Kier alpha value is -2.37. The fraction of sp³-hybridized carbons (Fsp3) is 0.150. The van der Waals surface area contributed by atoms with Crippen LogP contribution in [0.15, 0.2) is 54.6 Å². The lowest BCUT2D eigenvalue weighted by atomic mass is 10.1. The van der Waals surface area contributed by atoms with Gasteiger partial charge in [-0.25, -0.2) is 4.98 Å². The van der Waals surface area contributed by atoms with Gasteiger partial charge in [0, 0.05) is 21.7 Å². The van der Waals surface area contributed by atoms with Gasteiger partial charge in [-0.2, -0.15) is 0 Å². The molecule has 0 saturated heterocycles. The summed E-state index contributed by atoms with van der Waals surface area (Å²) in [7, 11) is 3.40. The molecule has 4 aromatic rings. The van der Waals surface area contributed by atoms with Gasteiger partial charge in [0.25, 0.3) is 0 Å². The average Bonchev–Trinajstić information content (AvgIpc) is 3.28. The maximum Gasteiger partial charge on any atom is 0.145 e. The van der Waals surface area contributed by atoms with Gasteiger partial charge in [-0.3, -0.25) is 0 Å². The first-order valence-electron chi connectivity index (χ1n) is 7.93. The highest BCUT2D eigenvalue weighted by molar-refractivity contribution is 7.19. The highest BCUT2D eigenvalue weighted by Gasteiger charge is 2.12. The van der Waals surface area contributed by atoms with Gasteiger partial charge in [-0.05, 0) is 36.4 Å². The van der Waals surface area contributed by atoms with Crippen LogP contribution >= 0.6 is 22.7 Å². The summed E-state index contributed by atoms with van der Waals surface area (Å²) in [5.74, 6) is 1.74. The molecule has 0 bridgehead atoms. The minimum Gasteiger partial charge on any atom is -0.496 e. The predicted octanol–water partition coefficient (Wildman–Crippen LogP) is 5.63. The van der Waals surface area contributed by atoms with Crippen molar-refractivity contribution < 1.29 is 9.47 Å². The molecule has 5 heteroatoms. The highest BCUT2D eigenvalue weighted by atomic mass is 32.1. The standard InChI is InChI=1S/C20H17NO2S2/c1-22-15-7-4-3-6-14(15)17-11-10-13(24-17)12-19-21-20-16(23-2)8-5-9-18(20)25-19/h3-11H,12H2,1-2H3. The first-order chi connectivity index (χ1) is 12.3. The van der Waals surface area contributed by atoms with E-state index in [1.807, 2.05) is 30.3 Å². The number of methoxy groups -OCH3 is 2. The molecule has 0 spiro atoms. The number of thiazole rings is 1. The molecular formula is C20H17NO2S2. The molecule has 4 rings (SSSR count). The topological polar surface area (TPSA) is 31.4 Å². The molecule has 0 saturated carbocycles. The van der Waals surface area contributed by atoms with Gasteiger partial charge in [0.2, 0.25) is 0 Å². The van der Waals surface area contributed by atoms with Gasteiger partial charge in [-0.1, -0.05) is 18.2 Å². The third-order valence-corrected chi connectivity index (χ3v) is 6.14. The Morgan fingerprint density at radius 1 is 0.840 bits per heavy atom. The van der Waals surface area contributed by atoms with Gasteiger partial charge in [0.15, 0.2) is 0 Å². The van der Waals surface area contributed by atoms with E-state index in [9.17, 15) is 0 Å². The molecule has 3 nitrogen and oxygen atoms in total. The third-order valence-electron chi connectivity index (χ3n) is 4.01. The number of fused-ring (bicyclic) bond motifs is 1. The number of hydrogen-bond acceptors (Lipinski definition) is 5. The minimum absolute atomic E-state index is 0.834. The summed E-state index contributed by atoms with van der Waals surface area (Å²) >= 11 is 3.51. The lowest BCUT2D eigenvalue weighted by molar-refractivity contribution is 0.416. The fourth-order valence-electron chi connectivity index (χ4n) is 2.82. The number of aromatic nitrogens is 1. The summed E-state index contributed by atoms with van der Waals surface area (Å²) in [5.41, 5.74) is 2.08. The molecule has 0 aliphatic carbocycles. The Labute approximate surface area is 154 Å². The quantitative estimate of drug-likeness (QED) is 0.458. The van der Waals surface area contributed by atoms with Crippen LogP contribution in [0.25, 0.3) is 20.7 Å². The smallest absolute Gasteiger partial charge is 0.145 e. The van der Waals surface area contributed by atoms with Crippen LogP contribution < -0.4 is 9.47 Å². The zero-order valence-corrected chi connectivity index (χ0v) is 15.6. The highest BCUT2D eigenvalue weighted by Crippen LogP contribution is 2.36. The van der Waals surface area contributed by atoms with E-state index in [0.717, 1.165) is 38.7 Å². The molecule has 0 unspecified atom stereocenters. The monoisotopic (exact) mass is 367 g/mol. The van der Waals surface area contributed by atoms with E-state index >= 15 is 0 Å². The molecule has 0 N–H and O–H groups in total. The molecule has 0 aliphatic rings. The second-order valence-corrected chi connectivity index (χ2v) is 7.84. The van der Waals surface area contributed by atoms with Crippen molar-refractivity contribution in [1.29, 1.82) is 0 Å². The third kappa shape index (κ3) is 3.13. The van der Waals surface area contributed by atoms with Gasteiger partial charge >= 0.3 is 0 Å². The molecule has 2 heterocycles. The number of benzene rings is 2. The lowest BCUT2D eigenvalue weighted by Gasteiger charge is -2.05. The van der Waals surface area contributed by atoms with Crippen molar-refractivity contribution in [3.05, 3.63) is 64.5 Å². The molecule has 0 radical (unpaired) electrons. The van der Waals surface area contributed by atoms with E-state index < -0.39 is 0 Å². The van der Waals surface area contributed by atoms with Crippen molar-refractivity contribution in [1.82, 2.24) is 4.98 Å². The normalized spacial score (nSPS) is 11.0. The summed E-state index contributed by atoms with van der Waals surface area (Å²) in [6, 6.07) is 18.5. The van der Waals surface area contributed by atoms with Crippen LogP contribution in [0, 0.1) is 0 Å². The molecule has 0 aliphatic heterocycles. The van der Waals surface area contributed by atoms with Gasteiger partial charge < -0.3 is 9.47 Å². The van der Waals surface area contributed by atoms with E-state index in [-0.39, 0.29) is 0 Å². The van der Waals surface area contributed by atoms with Crippen molar-refractivity contribution in [3.63, 3.8) is 0 Å². The average molecular weight is 367 g/mol. The Bertz CT molecular complexity index is 1020. The number of ether oxygens (including phenoxy) is 2. The molecule has 126 valence electrons. The number of nitrogens with zero attached hydrogens (tertiary/aromatic N) is 1. The fourth-order valence-corrected chi connectivity index (χ4v) is 4.97. The summed E-state index contributed by atoms with van der Waals surface area (Å²) < 4.78 is 12.0. The van der Waals surface area contributed by atoms with Gasteiger partial charge in [-0.15, -0.1) is 22.7 Å². The van der Waals surface area contributed by atoms with Crippen LogP contribution in [-0.2, 0) is 6.42 Å². The SMILES string of the molecule is COc1ccccc1-c1ccc(Cc2nc3c(OC)cccc3s2)s1. The molecule has 0 amide bonds. The number of thiophene rings is 1. The first kappa shape index (κ1) is 16.1. The van der Waals surface area contributed by atoms with Crippen molar-refractivity contribution >= 4 is 32.9 Å². The summed E-state index contributed by atoms with van der Waals surface area (Å²) in [6.45, 7) is 0. The van der Waals surface area contributed by atoms with Crippen molar-refractivity contribution in [2.75, 3.05) is 14.2 Å². The van der Waals surface area contributed by atoms with E-state index in [1.54, 1.807) is 36.9 Å². The lowest BCUT2D eigenvalue weighted by Crippen LogP contribution is -1.85. The summed E-state index contributed by atoms with van der Waals surface area (Å²) in [4.78, 5) is 7.27. The Morgan fingerprint density at radius 2 is 1.64 bits per heavy atom. The summed E-state index contributed by atoms with van der Waals surface area (Å²) in [6.07, 6.45) is 0.836. The molecule has 25 heavy (non-hydrogen) atoms. The van der Waals surface area contributed by atoms with Crippen LogP contribution in [0.2, 0.25) is 0 Å². The van der Waals surface area contributed by atoms with Crippen LogP contribution in [-0.4, -0.2) is 19.2 Å². The largest absolute Gasteiger partial charge is 0.496 e. The first-order valence-corrected chi connectivity index (χ1v) is 9.56. The van der Waals surface area contributed by atoms with E-state index in [2.05, 4.69) is 24.3 Å². The Balaban J connectivity index is 1.63. The minimum atomic E-state index is 0.834. The zero-order valence-electron chi connectivity index (χ0n) is 14.0. The second kappa shape index (κ2) is 6.86. The van der Waals surface area contributed by atoms with Crippen LogP contribution in [0.1, 0.15) is 9.88 Å². The van der Waals surface area contributed by atoms with Crippen molar-refractivity contribution in [2.45, 2.75) is 6.42 Å². The Kier molecular flexibility index (Phi) is 4.42. The molecular weight excluding hydrogens is 350 g/mol. The zero-order chi connectivity index (χ0) is 17.2. The second-order valence-electron chi connectivity index (χ2n) is 5.56. The van der Waals surface area contributed by atoms with E-state index in [1.165, 1.54) is 9.75 Å². The number of hydrogen-bond donors (Lipinski definition) is 0. The van der Waals surface area contributed by atoms with E-state index in [4.69, 9.17) is 14.5 Å². The number of para-hydroxylation sites is 2. The van der Waals surface area contributed by atoms with Crippen LogP contribution in [0.4, 0.5) is 0 Å². The van der Waals surface area contributed by atoms with Crippen molar-refractivity contribution in [3.8, 4) is 21.9 Å². The molecule has 2 aromatic carbocycles. The van der Waals surface area contributed by atoms with Crippen LogP contribution in [0.5, 0.6) is 11.5 Å². The van der Waals surface area contributed by atoms with Gasteiger partial charge in [0.05, 0.1) is 23.9 Å². The summed E-state index contributed by atoms with van der Waals surface area (Å²) in [5, 5.41) is 1.10. The molecule has 2 aromatic heterocycles. The maximum atomic E-state index is 5.48. The predicted molar refractivity (Wildman–Crippen MR) is 105 cm³/mol. The number of rotatable bonds is 5. The maximum absolute atomic E-state index is 5.48. The molecule has 0 atom stereocenters.